The number of anilines is 1. The van der Waals surface area contributed by atoms with Gasteiger partial charge in [0.05, 0.1) is 22.2 Å². The van der Waals surface area contributed by atoms with Crippen molar-refractivity contribution < 1.29 is 9.59 Å². The summed E-state index contributed by atoms with van der Waals surface area (Å²) < 4.78 is 1.30. The van der Waals surface area contributed by atoms with E-state index in [2.05, 4.69) is 15.5 Å². The highest BCUT2D eigenvalue weighted by Crippen LogP contribution is 2.30. The van der Waals surface area contributed by atoms with Crippen molar-refractivity contribution in [3.05, 3.63) is 28.3 Å². The van der Waals surface area contributed by atoms with Gasteiger partial charge in [0.15, 0.2) is 8.68 Å². The number of hydrogen-bond acceptors (Lipinski definition) is 7. The number of halogens is 1. The average Bonchev–Trinajstić information content (AvgIpc) is 2.94. The monoisotopic (exact) mass is 402 g/mol. The molecule has 0 unspecified atom stereocenters. The zero-order chi connectivity index (χ0) is 17.7. The maximum Gasteiger partial charge on any atom is 0.234 e. The first-order valence-corrected chi connectivity index (χ1v) is 9.95. The fraction of sp³-hybridized carbons (Fsp3) is 0.286. The molecule has 6 nitrogen and oxygen atoms in total. The largest absolute Gasteiger partial charge is 0.369 e. The highest BCUT2D eigenvalue weighted by Gasteiger charge is 2.12. The molecule has 10 heteroatoms. The predicted octanol–water partition coefficient (Wildman–Crippen LogP) is 3.12. The number of aryl methyl sites for hydroxylation is 2. The lowest BCUT2D eigenvalue weighted by atomic mass is 10.1. The number of thioether (sulfide) groups is 2. The van der Waals surface area contributed by atoms with Crippen LogP contribution in [0.5, 0.6) is 0 Å². The quantitative estimate of drug-likeness (QED) is 0.690. The van der Waals surface area contributed by atoms with Gasteiger partial charge in [0.1, 0.15) is 0 Å². The van der Waals surface area contributed by atoms with Gasteiger partial charge in [0, 0.05) is 0 Å². The number of nitrogens with zero attached hydrogens (tertiary/aromatic N) is 2. The molecule has 24 heavy (non-hydrogen) atoms. The number of amides is 2. The molecule has 2 aromatic rings. The van der Waals surface area contributed by atoms with Crippen molar-refractivity contribution in [1.82, 2.24) is 10.2 Å². The number of primary amides is 1. The van der Waals surface area contributed by atoms with E-state index in [4.69, 9.17) is 17.3 Å². The van der Waals surface area contributed by atoms with Crippen molar-refractivity contribution in [3.8, 4) is 0 Å². The fourth-order valence-electron chi connectivity index (χ4n) is 1.82. The van der Waals surface area contributed by atoms with Crippen LogP contribution in [0.3, 0.4) is 0 Å². The zero-order valence-corrected chi connectivity index (χ0v) is 16.2. The van der Waals surface area contributed by atoms with Gasteiger partial charge in [0.2, 0.25) is 11.8 Å². The molecule has 0 atom stereocenters. The maximum absolute atomic E-state index is 12.1. The molecule has 0 aliphatic heterocycles. The normalized spacial score (nSPS) is 10.6. The third-order valence-electron chi connectivity index (χ3n) is 2.75. The van der Waals surface area contributed by atoms with Crippen LogP contribution in [-0.2, 0) is 9.59 Å². The van der Waals surface area contributed by atoms with Crippen LogP contribution >= 0.6 is 46.5 Å². The number of aromatic nitrogens is 2. The first-order valence-electron chi connectivity index (χ1n) is 6.79. The second-order valence-corrected chi connectivity index (χ2v) is 8.69. The number of hydrogen-bond donors (Lipinski definition) is 2. The van der Waals surface area contributed by atoms with Gasteiger partial charge in [-0.05, 0) is 31.0 Å². The number of nitrogens with two attached hydrogens (primary N) is 1. The summed E-state index contributed by atoms with van der Waals surface area (Å²) in [7, 11) is 0. The van der Waals surface area contributed by atoms with Crippen LogP contribution in [0, 0.1) is 13.8 Å². The van der Waals surface area contributed by atoms with E-state index in [9.17, 15) is 9.59 Å². The molecule has 0 spiro atoms. The molecule has 0 radical (unpaired) electrons. The molecule has 0 bridgehead atoms. The van der Waals surface area contributed by atoms with Crippen LogP contribution in [0.1, 0.15) is 11.1 Å². The summed E-state index contributed by atoms with van der Waals surface area (Å²) in [6.07, 6.45) is 0. The number of carbonyl (C=O) groups excluding carboxylic acids is 2. The van der Waals surface area contributed by atoms with Gasteiger partial charge >= 0.3 is 0 Å². The molecule has 1 heterocycles. The summed E-state index contributed by atoms with van der Waals surface area (Å²) in [4.78, 5) is 22.8. The number of nitrogens with one attached hydrogen (secondary N) is 1. The van der Waals surface area contributed by atoms with Crippen molar-refractivity contribution in [1.29, 1.82) is 0 Å². The topological polar surface area (TPSA) is 98.0 Å². The summed E-state index contributed by atoms with van der Waals surface area (Å²) >= 11 is 10.0. The Balaban J connectivity index is 1.89. The van der Waals surface area contributed by atoms with Crippen molar-refractivity contribution in [2.24, 2.45) is 5.73 Å². The van der Waals surface area contributed by atoms with Crippen LogP contribution in [0.2, 0.25) is 5.02 Å². The van der Waals surface area contributed by atoms with Crippen molar-refractivity contribution in [3.63, 3.8) is 0 Å². The average molecular weight is 403 g/mol. The summed E-state index contributed by atoms with van der Waals surface area (Å²) in [5.41, 5.74) is 7.67. The fourth-order valence-corrected chi connectivity index (χ4v) is 4.75. The first kappa shape index (κ1) is 19.0. The second-order valence-electron chi connectivity index (χ2n) is 4.86. The Bertz CT molecular complexity index is 743. The molecule has 3 N–H and O–H groups in total. The lowest BCUT2D eigenvalue weighted by Crippen LogP contribution is -2.15. The van der Waals surface area contributed by atoms with Gasteiger partial charge in [-0.1, -0.05) is 52.5 Å². The van der Waals surface area contributed by atoms with Crippen molar-refractivity contribution in [2.45, 2.75) is 22.5 Å². The van der Waals surface area contributed by atoms with Gasteiger partial charge < -0.3 is 11.1 Å². The van der Waals surface area contributed by atoms with E-state index in [0.717, 1.165) is 11.1 Å². The van der Waals surface area contributed by atoms with Gasteiger partial charge in [-0.15, -0.1) is 10.2 Å². The standard InChI is InChI=1S/C14H15ClN4O2S3/c1-7-3-8(2)12(9(15)4-7)17-11(21)6-23-14-19-18-13(24-14)22-5-10(16)20/h3-4H,5-6H2,1-2H3,(H2,16,20)(H,17,21). The first-order chi connectivity index (χ1) is 11.3. The molecule has 128 valence electrons. The summed E-state index contributed by atoms with van der Waals surface area (Å²) in [6.45, 7) is 3.85. The predicted molar refractivity (Wildman–Crippen MR) is 100 cm³/mol. The number of rotatable bonds is 7. The Morgan fingerprint density at radius 1 is 1.21 bits per heavy atom. The summed E-state index contributed by atoms with van der Waals surface area (Å²) in [6, 6.07) is 3.77. The Morgan fingerprint density at radius 3 is 2.42 bits per heavy atom. The molecular weight excluding hydrogens is 388 g/mol. The van der Waals surface area contributed by atoms with Crippen molar-refractivity contribution >= 4 is 64.0 Å². The molecule has 0 saturated carbocycles. The lowest BCUT2D eigenvalue weighted by Gasteiger charge is -2.11. The summed E-state index contributed by atoms with van der Waals surface area (Å²) in [5, 5.41) is 11.3. The third kappa shape index (κ3) is 5.66. The Hall–Kier alpha value is -1.29. The molecule has 0 saturated heterocycles. The molecule has 2 amide bonds. The molecule has 0 fully saturated rings. The van der Waals surface area contributed by atoms with E-state index in [-0.39, 0.29) is 17.4 Å². The lowest BCUT2D eigenvalue weighted by molar-refractivity contribution is -0.115. The van der Waals surface area contributed by atoms with Crippen LogP contribution in [-0.4, -0.2) is 33.5 Å². The molecule has 0 aliphatic carbocycles. The Kier molecular flexibility index (Phi) is 6.90. The Morgan fingerprint density at radius 2 is 1.83 bits per heavy atom. The van der Waals surface area contributed by atoms with Gasteiger partial charge in [0.25, 0.3) is 0 Å². The van der Waals surface area contributed by atoms with Gasteiger partial charge in [-0.2, -0.15) is 0 Å². The third-order valence-corrected chi connectivity index (χ3v) is 6.26. The van der Waals surface area contributed by atoms with Gasteiger partial charge in [-0.3, -0.25) is 9.59 Å². The number of benzene rings is 1. The van der Waals surface area contributed by atoms with E-state index < -0.39 is 5.91 Å². The van der Waals surface area contributed by atoms with E-state index >= 15 is 0 Å². The maximum atomic E-state index is 12.1. The SMILES string of the molecule is Cc1cc(C)c(NC(=O)CSc2nnc(SCC(N)=O)s2)c(Cl)c1. The number of carbonyl (C=O) groups is 2. The smallest absolute Gasteiger partial charge is 0.234 e. The van der Waals surface area contributed by atoms with E-state index in [1.54, 1.807) is 0 Å². The van der Waals surface area contributed by atoms with Crippen LogP contribution in [0.15, 0.2) is 20.8 Å². The van der Waals surface area contributed by atoms with E-state index in [1.165, 1.54) is 34.9 Å². The summed E-state index contributed by atoms with van der Waals surface area (Å²) in [5.74, 6) is -0.228. The van der Waals surface area contributed by atoms with Crippen molar-refractivity contribution in [2.75, 3.05) is 16.8 Å². The van der Waals surface area contributed by atoms with E-state index in [1.807, 2.05) is 26.0 Å². The Labute approximate surface area is 156 Å². The molecule has 2 rings (SSSR count). The molecule has 1 aromatic carbocycles. The minimum atomic E-state index is -0.408. The van der Waals surface area contributed by atoms with Crippen LogP contribution < -0.4 is 11.1 Å². The highest BCUT2D eigenvalue weighted by molar-refractivity contribution is 8.03. The molecular formula is C14H15ClN4O2S3. The van der Waals surface area contributed by atoms with Crippen LogP contribution in [0.25, 0.3) is 0 Å². The minimum Gasteiger partial charge on any atom is -0.369 e. The minimum absolute atomic E-state index is 0.158. The van der Waals surface area contributed by atoms with E-state index in [0.29, 0.717) is 19.4 Å². The second kappa shape index (κ2) is 8.70. The zero-order valence-electron chi connectivity index (χ0n) is 13.0. The molecule has 0 aliphatic rings. The molecule has 1 aromatic heterocycles. The highest BCUT2D eigenvalue weighted by atomic mass is 35.5. The van der Waals surface area contributed by atoms with Crippen LogP contribution in [0.4, 0.5) is 5.69 Å². The van der Waals surface area contributed by atoms with Gasteiger partial charge in [-0.25, -0.2) is 0 Å².